The summed E-state index contributed by atoms with van der Waals surface area (Å²) < 4.78 is 23.4. The zero-order chi connectivity index (χ0) is 73.6. The third kappa shape index (κ3) is 27.0. The number of phenols is 4. The van der Waals surface area contributed by atoms with Crippen LogP contribution < -0.4 is 18.9 Å². The minimum Gasteiger partial charge on any atom is -0.508 e. The van der Waals surface area contributed by atoms with Crippen LogP contribution in [0.2, 0.25) is 0 Å². The van der Waals surface area contributed by atoms with E-state index in [1.54, 1.807) is 24.3 Å². The Morgan fingerprint density at radius 1 is 0.410 bits per heavy atom. The molecule has 2 aliphatic rings. The first-order valence-corrected chi connectivity index (χ1v) is 38.5. The zero-order valence-corrected chi connectivity index (χ0v) is 64.4. The molecule has 552 valence electrons. The summed E-state index contributed by atoms with van der Waals surface area (Å²) >= 11 is 0. The van der Waals surface area contributed by atoms with Crippen molar-refractivity contribution >= 4 is 23.9 Å². The first-order valence-electron chi connectivity index (χ1n) is 38.5. The predicted octanol–water partition coefficient (Wildman–Crippen LogP) is 23.0. The standard InChI is InChI=1S/2C44H64O6/c2*1-9-11-13-18-33-25-38(45)36(23-20-31(7)17-15-16-29(3)4)40(27-33)49-43(47)44(48)50-41-28-34(19-14-12-10-2)26-39(46)42(41)37-24-32(8)21-22-35(37)30(5)6/h2*16,20,25-28,30,32,35,37,45-46H,9-15,17-19,21-24H2,1-8H3/b2*31-20+/t32-,35+,37-;32-,35-,37+/m10/s1. The third-order valence-electron chi connectivity index (χ3n) is 20.5. The topological polar surface area (TPSA) is 186 Å². The number of allylic oxidation sites excluding steroid dienone is 8. The number of hydrogen-bond donors (Lipinski definition) is 4. The summed E-state index contributed by atoms with van der Waals surface area (Å²) in [6.45, 7) is 34.3. The Morgan fingerprint density at radius 3 is 0.990 bits per heavy atom. The van der Waals surface area contributed by atoms with Gasteiger partial charge in [0.15, 0.2) is 0 Å². The van der Waals surface area contributed by atoms with Crippen molar-refractivity contribution in [2.45, 2.75) is 302 Å². The highest BCUT2D eigenvalue weighted by Gasteiger charge is 2.39. The minimum atomic E-state index is -1.15. The molecule has 100 heavy (non-hydrogen) atoms. The molecular formula is C88H128O12. The second kappa shape index (κ2) is 43.0. The van der Waals surface area contributed by atoms with Crippen molar-refractivity contribution in [1.29, 1.82) is 0 Å². The summed E-state index contributed by atoms with van der Waals surface area (Å²) in [5.74, 6) is -1.12. The fraction of sp³-hybridized carbons (Fsp3) is 0.591. The van der Waals surface area contributed by atoms with Crippen LogP contribution in [0.3, 0.4) is 0 Å². The fourth-order valence-corrected chi connectivity index (χ4v) is 14.7. The van der Waals surface area contributed by atoms with Gasteiger partial charge in [-0.15, -0.1) is 0 Å². The molecule has 0 spiro atoms. The molecule has 2 saturated carbocycles. The molecule has 4 aromatic carbocycles. The molecule has 4 aromatic rings. The Bertz CT molecular complexity index is 3180. The lowest BCUT2D eigenvalue weighted by molar-refractivity contribution is -0.156. The molecule has 2 aliphatic carbocycles. The van der Waals surface area contributed by atoms with Crippen molar-refractivity contribution in [3.05, 3.63) is 140 Å². The van der Waals surface area contributed by atoms with Gasteiger partial charge >= 0.3 is 23.9 Å². The monoisotopic (exact) mass is 1380 g/mol. The molecule has 12 heteroatoms. The highest BCUT2D eigenvalue weighted by molar-refractivity contribution is 6.31. The van der Waals surface area contributed by atoms with Crippen molar-refractivity contribution in [1.82, 2.24) is 0 Å². The lowest BCUT2D eigenvalue weighted by atomic mass is 9.67. The number of aromatic hydroxyl groups is 4. The molecule has 0 aliphatic heterocycles. The van der Waals surface area contributed by atoms with Crippen LogP contribution in [0.4, 0.5) is 0 Å². The summed E-state index contributed by atoms with van der Waals surface area (Å²) in [7, 11) is 0. The number of ether oxygens (including phenoxy) is 4. The van der Waals surface area contributed by atoms with Crippen LogP contribution in [0.15, 0.2) is 95.1 Å². The van der Waals surface area contributed by atoms with E-state index in [2.05, 4.69) is 123 Å². The summed E-state index contributed by atoms with van der Waals surface area (Å²) in [5, 5.41) is 45.2. The van der Waals surface area contributed by atoms with Crippen molar-refractivity contribution in [2.75, 3.05) is 0 Å². The summed E-state index contributed by atoms with van der Waals surface area (Å²) in [6, 6.07) is 14.3. The number of carbonyl (C=O) groups is 4. The minimum absolute atomic E-state index is 0.00243. The molecule has 6 rings (SSSR count). The van der Waals surface area contributed by atoms with Gasteiger partial charge in [0.25, 0.3) is 0 Å². The zero-order valence-electron chi connectivity index (χ0n) is 64.4. The quantitative estimate of drug-likeness (QED) is 0.0114. The average molecular weight is 1380 g/mol. The first kappa shape index (κ1) is 83.6. The van der Waals surface area contributed by atoms with Gasteiger partial charge in [-0.05, 0) is 275 Å². The first-order chi connectivity index (χ1) is 47.7. The van der Waals surface area contributed by atoms with Gasteiger partial charge in [-0.25, -0.2) is 19.2 Å². The van der Waals surface area contributed by atoms with Crippen LogP contribution >= 0.6 is 0 Å². The maximum Gasteiger partial charge on any atom is 0.423 e. The van der Waals surface area contributed by atoms with E-state index in [-0.39, 0.29) is 57.8 Å². The highest BCUT2D eigenvalue weighted by atomic mass is 16.6. The molecule has 0 radical (unpaired) electrons. The van der Waals surface area contributed by atoms with Crippen LogP contribution in [0.5, 0.6) is 46.0 Å². The van der Waals surface area contributed by atoms with Gasteiger partial charge in [0.05, 0.1) is 0 Å². The van der Waals surface area contributed by atoms with Crippen LogP contribution in [0.1, 0.15) is 308 Å². The van der Waals surface area contributed by atoms with Crippen molar-refractivity contribution in [3.8, 4) is 46.0 Å². The Labute approximate surface area is 602 Å². The van der Waals surface area contributed by atoms with Gasteiger partial charge in [-0.3, -0.25) is 0 Å². The molecule has 0 bridgehead atoms. The second-order valence-corrected chi connectivity index (χ2v) is 30.6. The number of rotatable bonds is 34. The lowest BCUT2D eigenvalue weighted by Gasteiger charge is -2.38. The van der Waals surface area contributed by atoms with E-state index in [0.717, 1.165) is 200 Å². The van der Waals surface area contributed by atoms with E-state index < -0.39 is 23.9 Å². The second-order valence-electron chi connectivity index (χ2n) is 30.6. The predicted molar refractivity (Wildman–Crippen MR) is 408 cm³/mol. The van der Waals surface area contributed by atoms with Crippen LogP contribution in [0, 0.1) is 35.5 Å². The van der Waals surface area contributed by atoms with Gasteiger partial charge in [0.2, 0.25) is 0 Å². The van der Waals surface area contributed by atoms with Crippen molar-refractivity contribution < 1.29 is 58.6 Å². The Kier molecular flexibility index (Phi) is 35.9. The highest BCUT2D eigenvalue weighted by Crippen LogP contribution is 2.52. The largest absolute Gasteiger partial charge is 0.508 e. The van der Waals surface area contributed by atoms with E-state index in [9.17, 15) is 39.6 Å². The lowest BCUT2D eigenvalue weighted by Crippen LogP contribution is -2.29. The number of esters is 4. The number of benzene rings is 4. The Balaban J connectivity index is 0.000000361. The molecule has 0 heterocycles. The van der Waals surface area contributed by atoms with E-state index in [1.807, 2.05) is 36.4 Å². The van der Waals surface area contributed by atoms with E-state index >= 15 is 0 Å². The Morgan fingerprint density at radius 2 is 0.700 bits per heavy atom. The molecular weight excluding hydrogens is 1250 g/mol. The molecule has 0 saturated heterocycles. The third-order valence-corrected chi connectivity index (χ3v) is 20.5. The van der Waals surface area contributed by atoms with Gasteiger partial charge in [0, 0.05) is 22.3 Å². The summed E-state index contributed by atoms with van der Waals surface area (Å²) in [5.41, 5.74) is 10.4. The average Bonchev–Trinajstić information content (AvgIpc) is 0.787. The maximum atomic E-state index is 13.6. The van der Waals surface area contributed by atoms with Crippen molar-refractivity contribution in [2.24, 2.45) is 35.5 Å². The van der Waals surface area contributed by atoms with Gasteiger partial charge in [-0.2, -0.15) is 0 Å². The molecule has 0 unspecified atom stereocenters. The van der Waals surface area contributed by atoms with Crippen LogP contribution in [0.25, 0.3) is 0 Å². The fourth-order valence-electron chi connectivity index (χ4n) is 14.7. The number of hydrogen-bond acceptors (Lipinski definition) is 12. The number of phenolic OH excluding ortho intramolecular Hbond substituents is 4. The molecule has 0 aromatic heterocycles. The van der Waals surface area contributed by atoms with Crippen LogP contribution in [-0.2, 0) is 57.7 Å². The normalized spacial score (nSPS) is 17.9. The molecule has 12 nitrogen and oxygen atoms in total. The molecule has 0 amide bonds. The SMILES string of the molecule is CCCCCc1cc(O)c(C/C=C(\C)CCC=C(C)C)c(OC(=O)C(=O)Oc2cc(CCCCC)cc(O)c2[C@@H]2C[C@@H](C)CC[C@H]2C(C)C)c1.CCCCCc1cc(O)c(C/C=C(\C)CCC=C(C)C)c(OC(=O)C(=O)Oc2cc(CCCCC)cc(O)c2[C@@H]2C[C@H](C)CC[C@H]2C(C)C)c1. The van der Waals surface area contributed by atoms with Gasteiger partial charge < -0.3 is 39.4 Å². The van der Waals surface area contributed by atoms with Crippen molar-refractivity contribution in [3.63, 3.8) is 0 Å². The summed E-state index contributed by atoms with van der Waals surface area (Å²) in [4.78, 5) is 54.2. The molecule has 4 N–H and O–H groups in total. The van der Waals surface area contributed by atoms with E-state index in [4.69, 9.17) is 18.9 Å². The maximum absolute atomic E-state index is 13.6. The van der Waals surface area contributed by atoms with E-state index in [1.165, 1.54) is 11.1 Å². The van der Waals surface area contributed by atoms with E-state index in [0.29, 0.717) is 70.6 Å². The number of unbranched alkanes of at least 4 members (excludes halogenated alkanes) is 8. The number of carbonyl (C=O) groups excluding carboxylic acids is 4. The van der Waals surface area contributed by atoms with Gasteiger partial charge in [0.1, 0.15) is 46.0 Å². The molecule has 6 atom stereocenters. The summed E-state index contributed by atoms with van der Waals surface area (Å²) in [6.07, 6.45) is 34.0. The smallest absolute Gasteiger partial charge is 0.423 e. The molecule has 2 fully saturated rings. The Hall–Kier alpha value is -7.08. The van der Waals surface area contributed by atoms with Gasteiger partial charge in [-0.1, -0.05) is 180 Å². The van der Waals surface area contributed by atoms with Crippen LogP contribution in [-0.4, -0.2) is 44.3 Å². The number of aryl methyl sites for hydroxylation is 4.